The number of aromatic carboxylic acids is 1. The van der Waals surface area contributed by atoms with Crippen molar-refractivity contribution < 1.29 is 14.6 Å². The van der Waals surface area contributed by atoms with Crippen LogP contribution in [0.4, 0.5) is 10.8 Å². The second-order valence-corrected chi connectivity index (χ2v) is 6.35. The van der Waals surface area contributed by atoms with Crippen LogP contribution in [0.15, 0.2) is 48.5 Å². The molecule has 0 radical (unpaired) electrons. The lowest BCUT2D eigenvalue weighted by Gasteiger charge is -2.12. The maximum atomic E-state index is 11.1. The lowest BCUT2D eigenvalue weighted by Crippen LogP contribution is -1.94. The number of nitrogens with one attached hydrogen (secondary N) is 1. The molecule has 1 aromatic heterocycles. The number of aromatic nitrogens is 1. The molecule has 2 N–H and O–H groups in total. The van der Waals surface area contributed by atoms with Crippen molar-refractivity contribution in [1.29, 1.82) is 0 Å². The average Bonchev–Trinajstić information content (AvgIpc) is 2.92. The summed E-state index contributed by atoms with van der Waals surface area (Å²) >= 11 is 7.13. The largest absolute Gasteiger partial charge is 0.477 e. The molecule has 0 unspecified atom stereocenters. The normalized spacial score (nSPS) is 10.4. The third kappa shape index (κ3) is 3.67. The second kappa shape index (κ2) is 6.90. The van der Waals surface area contributed by atoms with E-state index in [1.807, 2.05) is 30.3 Å². The number of rotatable bonds is 5. The molecule has 0 saturated heterocycles. The molecule has 0 aliphatic carbocycles. The van der Waals surface area contributed by atoms with E-state index in [2.05, 4.69) is 10.3 Å². The molecule has 7 heteroatoms. The van der Waals surface area contributed by atoms with Crippen molar-refractivity contribution >= 4 is 39.7 Å². The molecule has 1 heterocycles. The Hall–Kier alpha value is -2.57. The lowest BCUT2D eigenvalue weighted by atomic mass is 10.3. The zero-order chi connectivity index (χ0) is 17.1. The summed E-state index contributed by atoms with van der Waals surface area (Å²) in [5, 5.41) is 13.2. The summed E-state index contributed by atoms with van der Waals surface area (Å²) in [7, 11) is 0. The van der Waals surface area contributed by atoms with Gasteiger partial charge in [0.1, 0.15) is 10.6 Å². The number of ether oxygens (including phenoxy) is 1. The molecule has 3 rings (SSSR count). The molecule has 24 heavy (non-hydrogen) atoms. The standard InChI is InChI=1S/C17H13ClN2O3S/c1-10-15(16(21)22)24-17(19-10)20-13-9-11(18)7-8-14(13)23-12-5-3-2-4-6-12/h2-9H,1H3,(H,19,20)(H,21,22). The molecule has 0 bridgehead atoms. The van der Waals surface area contributed by atoms with Gasteiger partial charge in [0.15, 0.2) is 10.9 Å². The van der Waals surface area contributed by atoms with Gasteiger partial charge >= 0.3 is 5.97 Å². The monoisotopic (exact) mass is 360 g/mol. The predicted molar refractivity (Wildman–Crippen MR) is 95.1 cm³/mol. The predicted octanol–water partition coefficient (Wildman–Crippen LogP) is 5.34. The fourth-order valence-electron chi connectivity index (χ4n) is 2.07. The van der Waals surface area contributed by atoms with E-state index < -0.39 is 5.97 Å². The first kappa shape index (κ1) is 16.3. The summed E-state index contributed by atoms with van der Waals surface area (Å²) in [5.41, 5.74) is 1.07. The van der Waals surface area contributed by atoms with Crippen molar-refractivity contribution in [1.82, 2.24) is 4.98 Å². The Bertz CT molecular complexity index is 881. The Labute approximate surface area is 147 Å². The quantitative estimate of drug-likeness (QED) is 0.642. The fraction of sp³-hybridized carbons (Fsp3) is 0.0588. The zero-order valence-corrected chi connectivity index (χ0v) is 14.2. The highest BCUT2D eigenvalue weighted by atomic mass is 35.5. The van der Waals surface area contributed by atoms with Crippen molar-refractivity contribution in [3.63, 3.8) is 0 Å². The smallest absolute Gasteiger partial charge is 0.347 e. The van der Waals surface area contributed by atoms with Gasteiger partial charge in [0, 0.05) is 5.02 Å². The molecule has 0 aliphatic rings. The highest BCUT2D eigenvalue weighted by Crippen LogP contribution is 2.35. The van der Waals surface area contributed by atoms with Crippen molar-refractivity contribution in [3.05, 3.63) is 64.1 Å². The number of carboxylic acids is 1. The van der Waals surface area contributed by atoms with Crippen LogP contribution in [-0.2, 0) is 0 Å². The van der Waals surface area contributed by atoms with Crippen LogP contribution in [0.1, 0.15) is 15.4 Å². The van der Waals surface area contributed by atoms with Gasteiger partial charge in [-0.15, -0.1) is 0 Å². The van der Waals surface area contributed by atoms with Crippen LogP contribution in [0.5, 0.6) is 11.5 Å². The number of aryl methyl sites for hydroxylation is 1. The van der Waals surface area contributed by atoms with E-state index in [0.29, 0.717) is 33.0 Å². The minimum absolute atomic E-state index is 0.199. The Balaban J connectivity index is 1.91. The highest BCUT2D eigenvalue weighted by Gasteiger charge is 2.15. The van der Waals surface area contributed by atoms with E-state index in [1.54, 1.807) is 25.1 Å². The summed E-state index contributed by atoms with van der Waals surface area (Å²) in [6.07, 6.45) is 0. The minimum Gasteiger partial charge on any atom is -0.477 e. The maximum Gasteiger partial charge on any atom is 0.347 e. The molecule has 3 aromatic rings. The fourth-order valence-corrected chi connectivity index (χ4v) is 3.06. The molecule has 0 atom stereocenters. The van der Waals surface area contributed by atoms with Gasteiger partial charge in [-0.25, -0.2) is 9.78 Å². The Morgan fingerprint density at radius 2 is 2.00 bits per heavy atom. The van der Waals surface area contributed by atoms with Gasteiger partial charge in [0.25, 0.3) is 0 Å². The summed E-state index contributed by atoms with van der Waals surface area (Å²) < 4.78 is 5.86. The van der Waals surface area contributed by atoms with Gasteiger partial charge in [-0.1, -0.05) is 41.1 Å². The average molecular weight is 361 g/mol. The molecule has 0 fully saturated rings. The number of thiazole rings is 1. The Kier molecular flexibility index (Phi) is 4.69. The first-order valence-electron chi connectivity index (χ1n) is 7.03. The van der Waals surface area contributed by atoms with Crippen LogP contribution in [0.3, 0.4) is 0 Å². The van der Waals surface area contributed by atoms with E-state index >= 15 is 0 Å². The van der Waals surface area contributed by atoms with Crippen molar-refractivity contribution in [2.75, 3.05) is 5.32 Å². The van der Waals surface area contributed by atoms with Gasteiger partial charge in [-0.3, -0.25) is 0 Å². The third-order valence-electron chi connectivity index (χ3n) is 3.15. The molecule has 0 saturated carbocycles. The van der Waals surface area contributed by atoms with Gasteiger partial charge < -0.3 is 15.2 Å². The molecule has 2 aromatic carbocycles. The number of carboxylic acid groups (broad SMARTS) is 1. The molecule has 5 nitrogen and oxygen atoms in total. The number of para-hydroxylation sites is 1. The number of nitrogens with zero attached hydrogens (tertiary/aromatic N) is 1. The van der Waals surface area contributed by atoms with Crippen LogP contribution < -0.4 is 10.1 Å². The molecular weight excluding hydrogens is 348 g/mol. The van der Waals surface area contributed by atoms with E-state index in [1.165, 1.54) is 0 Å². The number of halogens is 1. The van der Waals surface area contributed by atoms with Gasteiger partial charge in [0.2, 0.25) is 0 Å². The molecule has 0 aliphatic heterocycles. The minimum atomic E-state index is -0.995. The molecular formula is C17H13ClN2O3S. The van der Waals surface area contributed by atoms with Gasteiger partial charge in [0.05, 0.1) is 11.4 Å². The second-order valence-electron chi connectivity index (χ2n) is 4.92. The zero-order valence-electron chi connectivity index (χ0n) is 12.6. The van der Waals surface area contributed by atoms with E-state index in [0.717, 1.165) is 11.3 Å². The summed E-state index contributed by atoms with van der Waals surface area (Å²) in [6.45, 7) is 1.66. The Morgan fingerprint density at radius 3 is 2.67 bits per heavy atom. The number of hydrogen-bond donors (Lipinski definition) is 2. The van der Waals surface area contributed by atoms with Crippen molar-refractivity contribution in [2.24, 2.45) is 0 Å². The number of hydrogen-bond acceptors (Lipinski definition) is 5. The van der Waals surface area contributed by atoms with Crippen LogP contribution in [0.2, 0.25) is 5.02 Å². The van der Waals surface area contributed by atoms with Crippen LogP contribution in [-0.4, -0.2) is 16.1 Å². The van der Waals surface area contributed by atoms with E-state index in [4.69, 9.17) is 21.4 Å². The maximum absolute atomic E-state index is 11.1. The third-order valence-corrected chi connectivity index (χ3v) is 4.44. The van der Waals surface area contributed by atoms with Crippen molar-refractivity contribution in [2.45, 2.75) is 6.92 Å². The number of anilines is 2. The molecule has 0 amide bonds. The topological polar surface area (TPSA) is 71.5 Å². The van der Waals surface area contributed by atoms with Crippen LogP contribution in [0.25, 0.3) is 0 Å². The number of benzene rings is 2. The summed E-state index contributed by atoms with van der Waals surface area (Å²) in [5.74, 6) is 0.254. The highest BCUT2D eigenvalue weighted by molar-refractivity contribution is 7.17. The van der Waals surface area contributed by atoms with Crippen LogP contribution in [0, 0.1) is 6.92 Å². The molecule has 0 spiro atoms. The van der Waals surface area contributed by atoms with Gasteiger partial charge in [-0.2, -0.15) is 0 Å². The van der Waals surface area contributed by atoms with Crippen LogP contribution >= 0.6 is 22.9 Å². The Morgan fingerprint density at radius 1 is 1.25 bits per heavy atom. The lowest BCUT2D eigenvalue weighted by molar-refractivity contribution is 0.0701. The first-order chi connectivity index (χ1) is 11.5. The number of carbonyl (C=O) groups is 1. The van der Waals surface area contributed by atoms with E-state index in [9.17, 15) is 4.79 Å². The summed E-state index contributed by atoms with van der Waals surface area (Å²) in [6, 6.07) is 14.5. The SMILES string of the molecule is Cc1nc(Nc2cc(Cl)ccc2Oc2ccccc2)sc1C(=O)O. The first-order valence-corrected chi connectivity index (χ1v) is 8.22. The summed E-state index contributed by atoms with van der Waals surface area (Å²) in [4.78, 5) is 15.6. The van der Waals surface area contributed by atoms with E-state index in [-0.39, 0.29) is 4.88 Å². The van der Waals surface area contributed by atoms with Crippen molar-refractivity contribution in [3.8, 4) is 11.5 Å². The van der Waals surface area contributed by atoms with Gasteiger partial charge in [-0.05, 0) is 37.3 Å². The molecule has 122 valence electrons.